The average molecular weight is 346 g/mol. The van der Waals surface area contributed by atoms with Gasteiger partial charge in [-0.3, -0.25) is 4.79 Å². The maximum Gasteiger partial charge on any atom is 0.344 e. The van der Waals surface area contributed by atoms with Crippen molar-refractivity contribution < 1.29 is 23.6 Å². The summed E-state index contributed by atoms with van der Waals surface area (Å²) in [5, 5.41) is 6.48. The van der Waals surface area contributed by atoms with Crippen LogP contribution < -0.4 is 10.1 Å². The van der Waals surface area contributed by atoms with Crippen LogP contribution >= 0.6 is 0 Å². The summed E-state index contributed by atoms with van der Waals surface area (Å²) >= 11 is 0. The number of methoxy groups -OCH3 is 1. The summed E-state index contributed by atoms with van der Waals surface area (Å²) in [6.45, 7) is 5.41. The van der Waals surface area contributed by atoms with Crippen molar-refractivity contribution in [1.29, 1.82) is 0 Å². The van der Waals surface area contributed by atoms with E-state index < -0.39 is 5.97 Å². The molecule has 7 heteroatoms. The molecule has 0 aliphatic carbocycles. The van der Waals surface area contributed by atoms with Gasteiger partial charge in [-0.1, -0.05) is 31.1 Å². The van der Waals surface area contributed by atoms with Crippen molar-refractivity contribution in [2.75, 3.05) is 13.7 Å². The molecular formula is C18H22N2O5. The third-order valence-electron chi connectivity index (χ3n) is 3.60. The molecule has 0 saturated carbocycles. The molecule has 0 radical (unpaired) electrons. The first kappa shape index (κ1) is 18.5. The smallest absolute Gasteiger partial charge is 0.344 e. The zero-order chi connectivity index (χ0) is 18.4. The second-order valence-corrected chi connectivity index (χ2v) is 5.86. The fourth-order valence-corrected chi connectivity index (χ4v) is 2.23. The molecule has 1 N–H and O–H groups in total. The zero-order valence-electron chi connectivity index (χ0n) is 14.8. The van der Waals surface area contributed by atoms with E-state index in [1.807, 2.05) is 38.1 Å². The van der Waals surface area contributed by atoms with E-state index in [0.717, 1.165) is 11.3 Å². The van der Waals surface area contributed by atoms with Crippen molar-refractivity contribution in [3.05, 3.63) is 46.8 Å². The van der Waals surface area contributed by atoms with E-state index in [2.05, 4.69) is 10.5 Å². The molecule has 0 aliphatic heterocycles. The van der Waals surface area contributed by atoms with Crippen LogP contribution in [0, 0.1) is 6.92 Å². The predicted molar refractivity (Wildman–Crippen MR) is 90.5 cm³/mol. The highest BCUT2D eigenvalue weighted by molar-refractivity contribution is 5.93. The fourth-order valence-electron chi connectivity index (χ4n) is 2.23. The van der Waals surface area contributed by atoms with Crippen LogP contribution in [0.4, 0.5) is 0 Å². The quantitative estimate of drug-likeness (QED) is 0.775. The number of nitrogens with one attached hydrogen (secondary N) is 1. The number of benzene rings is 1. The Labute approximate surface area is 146 Å². The van der Waals surface area contributed by atoms with E-state index in [-0.39, 0.29) is 24.0 Å². The van der Waals surface area contributed by atoms with Crippen molar-refractivity contribution in [3.63, 3.8) is 0 Å². The number of amides is 1. The van der Waals surface area contributed by atoms with Gasteiger partial charge in [-0.15, -0.1) is 0 Å². The number of esters is 1. The summed E-state index contributed by atoms with van der Waals surface area (Å²) in [6, 6.07) is 7.31. The highest BCUT2D eigenvalue weighted by Crippen LogP contribution is 2.22. The topological polar surface area (TPSA) is 90.7 Å². The minimum atomic E-state index is -0.609. The molecule has 0 unspecified atom stereocenters. The lowest BCUT2D eigenvalue weighted by molar-refractivity contribution is -0.124. The molecular weight excluding hydrogens is 324 g/mol. The zero-order valence-corrected chi connectivity index (χ0v) is 14.8. The molecule has 0 bridgehead atoms. The van der Waals surface area contributed by atoms with Crippen LogP contribution in [0.25, 0.3) is 0 Å². The van der Waals surface area contributed by atoms with E-state index in [1.165, 1.54) is 0 Å². The predicted octanol–water partition coefficient (Wildman–Crippen LogP) is 2.59. The van der Waals surface area contributed by atoms with Gasteiger partial charge in [-0.05, 0) is 24.6 Å². The van der Waals surface area contributed by atoms with Crippen molar-refractivity contribution in [3.8, 4) is 5.75 Å². The Morgan fingerprint density at radius 1 is 1.24 bits per heavy atom. The molecule has 0 spiro atoms. The lowest BCUT2D eigenvalue weighted by atomic mass is 10.1. The molecule has 0 fully saturated rings. The van der Waals surface area contributed by atoms with Crippen molar-refractivity contribution >= 4 is 11.9 Å². The first-order chi connectivity index (χ1) is 11.9. The Hall–Kier alpha value is -2.83. The number of aromatic nitrogens is 1. The Morgan fingerprint density at radius 2 is 1.92 bits per heavy atom. The number of hydrogen-bond donors (Lipinski definition) is 1. The van der Waals surface area contributed by atoms with E-state index in [0.29, 0.717) is 18.0 Å². The van der Waals surface area contributed by atoms with Gasteiger partial charge in [0.15, 0.2) is 12.4 Å². The van der Waals surface area contributed by atoms with E-state index in [1.54, 1.807) is 14.0 Å². The SMILES string of the molecule is COc1ccc(CNC(=O)COC(=O)c2c(C)noc2C(C)C)cc1. The Kier molecular flexibility index (Phi) is 6.16. The van der Waals surface area contributed by atoms with Gasteiger partial charge < -0.3 is 19.3 Å². The normalized spacial score (nSPS) is 10.6. The highest BCUT2D eigenvalue weighted by atomic mass is 16.5. The van der Waals surface area contributed by atoms with Gasteiger partial charge in [-0.25, -0.2) is 4.79 Å². The molecule has 1 aromatic heterocycles. The van der Waals surface area contributed by atoms with Gasteiger partial charge in [0.25, 0.3) is 5.91 Å². The largest absolute Gasteiger partial charge is 0.497 e. The number of hydrogen-bond acceptors (Lipinski definition) is 6. The summed E-state index contributed by atoms with van der Waals surface area (Å²) in [6.07, 6.45) is 0. The summed E-state index contributed by atoms with van der Waals surface area (Å²) < 4.78 is 15.3. The van der Waals surface area contributed by atoms with Crippen molar-refractivity contribution in [2.45, 2.75) is 33.2 Å². The van der Waals surface area contributed by atoms with Crippen LogP contribution in [0.2, 0.25) is 0 Å². The monoisotopic (exact) mass is 346 g/mol. The van der Waals surface area contributed by atoms with Gasteiger partial charge >= 0.3 is 5.97 Å². The average Bonchev–Trinajstić information content (AvgIpc) is 3.00. The number of ether oxygens (including phenoxy) is 2. The summed E-state index contributed by atoms with van der Waals surface area (Å²) in [7, 11) is 1.59. The highest BCUT2D eigenvalue weighted by Gasteiger charge is 2.24. The first-order valence-corrected chi connectivity index (χ1v) is 7.95. The summed E-state index contributed by atoms with van der Waals surface area (Å²) in [5.74, 6) is 0.203. The number of nitrogens with zero attached hydrogens (tertiary/aromatic N) is 1. The maximum atomic E-state index is 12.2. The minimum Gasteiger partial charge on any atom is -0.497 e. The van der Waals surface area contributed by atoms with Gasteiger partial charge in [0.2, 0.25) is 0 Å². The molecule has 0 aliphatic rings. The standard InChI is InChI=1S/C18H22N2O5/c1-11(2)17-16(12(3)20-25-17)18(22)24-10-15(21)19-9-13-5-7-14(23-4)8-6-13/h5-8,11H,9-10H2,1-4H3,(H,19,21). The molecule has 0 atom stereocenters. The van der Waals surface area contributed by atoms with Gasteiger partial charge in [-0.2, -0.15) is 0 Å². The van der Waals surface area contributed by atoms with Crippen LogP contribution in [-0.2, 0) is 16.1 Å². The van der Waals surface area contributed by atoms with Gasteiger partial charge in [0.05, 0.1) is 12.8 Å². The van der Waals surface area contributed by atoms with Gasteiger partial charge in [0.1, 0.15) is 11.3 Å². The maximum absolute atomic E-state index is 12.2. The van der Waals surface area contributed by atoms with Crippen molar-refractivity contribution in [2.24, 2.45) is 0 Å². The van der Waals surface area contributed by atoms with Crippen LogP contribution in [0.15, 0.2) is 28.8 Å². The van der Waals surface area contributed by atoms with Crippen LogP contribution in [0.5, 0.6) is 5.75 Å². The van der Waals surface area contributed by atoms with E-state index in [4.69, 9.17) is 14.0 Å². The molecule has 0 saturated heterocycles. The number of carbonyl (C=O) groups is 2. The number of rotatable bonds is 7. The molecule has 25 heavy (non-hydrogen) atoms. The molecule has 2 rings (SSSR count). The fraction of sp³-hybridized carbons (Fsp3) is 0.389. The third kappa shape index (κ3) is 4.82. The number of aryl methyl sites for hydroxylation is 1. The minimum absolute atomic E-state index is 0.00681. The van der Waals surface area contributed by atoms with Gasteiger partial charge in [0, 0.05) is 12.5 Å². The Balaban J connectivity index is 1.85. The number of carbonyl (C=O) groups excluding carboxylic acids is 2. The van der Waals surface area contributed by atoms with Crippen LogP contribution in [-0.4, -0.2) is 30.7 Å². The molecule has 2 aromatic rings. The van der Waals surface area contributed by atoms with E-state index in [9.17, 15) is 9.59 Å². The first-order valence-electron chi connectivity index (χ1n) is 7.95. The van der Waals surface area contributed by atoms with Crippen molar-refractivity contribution in [1.82, 2.24) is 10.5 Å². The molecule has 1 heterocycles. The van der Waals surface area contributed by atoms with E-state index >= 15 is 0 Å². The second kappa shape index (κ2) is 8.32. The summed E-state index contributed by atoms with van der Waals surface area (Å²) in [4.78, 5) is 24.1. The lowest BCUT2D eigenvalue weighted by Gasteiger charge is -2.08. The second-order valence-electron chi connectivity index (χ2n) is 5.86. The van der Waals surface area contributed by atoms with Crippen LogP contribution in [0.1, 0.15) is 47.1 Å². The lowest BCUT2D eigenvalue weighted by Crippen LogP contribution is -2.28. The third-order valence-corrected chi connectivity index (χ3v) is 3.60. The molecule has 1 amide bonds. The molecule has 134 valence electrons. The Morgan fingerprint density at radius 3 is 2.52 bits per heavy atom. The van der Waals surface area contributed by atoms with Crippen LogP contribution in [0.3, 0.4) is 0 Å². The Bertz CT molecular complexity index is 734. The molecule has 1 aromatic carbocycles. The molecule has 7 nitrogen and oxygen atoms in total. The summed E-state index contributed by atoms with van der Waals surface area (Å²) in [5.41, 5.74) is 1.66.